The second-order valence-electron chi connectivity index (χ2n) is 2.48. The number of nitrogens with zero attached hydrogens (tertiary/aromatic N) is 1. The number of aromatic nitrogens is 1. The smallest absolute Gasteiger partial charge is 0.339 e. The molecule has 15 heavy (non-hydrogen) atoms. The highest BCUT2D eigenvalue weighted by Crippen LogP contribution is 2.29. The molecule has 1 heterocycles. The van der Waals surface area contributed by atoms with Crippen molar-refractivity contribution in [2.24, 2.45) is 0 Å². The van der Waals surface area contributed by atoms with Gasteiger partial charge in [-0.15, -0.1) is 0 Å². The molecule has 0 aliphatic heterocycles. The zero-order valence-corrected chi connectivity index (χ0v) is 10.3. The van der Waals surface area contributed by atoms with Gasteiger partial charge in [0.2, 0.25) is 0 Å². The van der Waals surface area contributed by atoms with Crippen LogP contribution in [0.4, 0.5) is 8.78 Å². The molecular weight excluding hydrogens is 342 g/mol. The van der Waals surface area contributed by atoms with Crippen molar-refractivity contribution in [3.05, 3.63) is 26.0 Å². The molecule has 3 nitrogen and oxygen atoms in total. The van der Waals surface area contributed by atoms with Crippen LogP contribution >= 0.6 is 34.2 Å². The molecule has 0 N–H and O–H groups in total. The molecule has 1 rings (SSSR count). The molecule has 82 valence electrons. The number of alkyl halides is 2. The number of esters is 1. The summed E-state index contributed by atoms with van der Waals surface area (Å²) in [5.41, 5.74) is -0.710. The predicted molar refractivity (Wildman–Crippen MR) is 58.3 cm³/mol. The topological polar surface area (TPSA) is 39.2 Å². The van der Waals surface area contributed by atoms with E-state index in [4.69, 9.17) is 11.6 Å². The lowest BCUT2D eigenvalue weighted by atomic mass is 10.2. The zero-order chi connectivity index (χ0) is 11.6. The molecule has 0 saturated heterocycles. The Morgan fingerprint density at radius 2 is 2.27 bits per heavy atom. The van der Waals surface area contributed by atoms with Gasteiger partial charge in [-0.1, -0.05) is 11.6 Å². The molecule has 1 aromatic rings. The third-order valence-electron chi connectivity index (χ3n) is 1.56. The molecule has 0 aromatic carbocycles. The molecular formula is C8H5ClF2INO2. The number of halogens is 4. The first-order chi connectivity index (χ1) is 6.97. The minimum Gasteiger partial charge on any atom is -0.465 e. The Labute approximate surface area is 103 Å². The minimum absolute atomic E-state index is 0.103. The highest BCUT2D eigenvalue weighted by Gasteiger charge is 2.21. The SMILES string of the molecule is COC(=O)c1cc(I)nc(C(F)F)c1Cl. The lowest BCUT2D eigenvalue weighted by Gasteiger charge is -2.07. The van der Waals surface area contributed by atoms with Gasteiger partial charge in [-0.2, -0.15) is 0 Å². The Morgan fingerprint density at radius 1 is 1.67 bits per heavy atom. The first kappa shape index (κ1) is 12.6. The summed E-state index contributed by atoms with van der Waals surface area (Å²) in [6, 6.07) is 1.29. The highest BCUT2D eigenvalue weighted by molar-refractivity contribution is 14.1. The van der Waals surface area contributed by atoms with E-state index in [2.05, 4.69) is 9.72 Å². The number of hydrogen-bond donors (Lipinski definition) is 0. The van der Waals surface area contributed by atoms with Crippen LogP contribution in [-0.4, -0.2) is 18.1 Å². The van der Waals surface area contributed by atoms with Gasteiger partial charge < -0.3 is 4.74 Å². The van der Waals surface area contributed by atoms with Crippen molar-refractivity contribution >= 4 is 40.2 Å². The molecule has 1 aromatic heterocycles. The van der Waals surface area contributed by atoms with Gasteiger partial charge in [0.1, 0.15) is 9.39 Å². The Bertz CT molecular complexity index is 400. The van der Waals surface area contributed by atoms with Gasteiger partial charge in [0.05, 0.1) is 17.7 Å². The predicted octanol–water partition coefficient (Wildman–Crippen LogP) is 3.06. The molecule has 7 heteroatoms. The molecule has 0 unspecified atom stereocenters. The van der Waals surface area contributed by atoms with E-state index >= 15 is 0 Å². The van der Waals surface area contributed by atoms with Crippen LogP contribution in [0.15, 0.2) is 6.07 Å². The maximum atomic E-state index is 12.5. The number of hydrogen-bond acceptors (Lipinski definition) is 3. The van der Waals surface area contributed by atoms with Crippen LogP contribution in [0.1, 0.15) is 22.5 Å². The fourth-order valence-electron chi connectivity index (χ4n) is 0.920. The van der Waals surface area contributed by atoms with E-state index in [0.717, 1.165) is 7.11 Å². The standard InChI is InChI=1S/C8H5ClF2INO2/c1-15-8(14)3-2-4(12)13-6(5(3)9)7(10)11/h2,7H,1H3. The number of rotatable bonds is 2. The van der Waals surface area contributed by atoms with Crippen molar-refractivity contribution in [3.63, 3.8) is 0 Å². The third kappa shape index (κ3) is 2.75. The molecule has 0 radical (unpaired) electrons. The monoisotopic (exact) mass is 347 g/mol. The summed E-state index contributed by atoms with van der Waals surface area (Å²) in [7, 11) is 1.15. The first-order valence-electron chi connectivity index (χ1n) is 3.69. The molecule has 0 fully saturated rings. The fraction of sp³-hybridized carbons (Fsp3) is 0.250. The largest absolute Gasteiger partial charge is 0.465 e. The zero-order valence-electron chi connectivity index (χ0n) is 7.43. The summed E-state index contributed by atoms with van der Waals surface area (Å²) in [6.07, 6.45) is -2.82. The Kier molecular flexibility index (Phi) is 4.21. The van der Waals surface area contributed by atoms with Crippen LogP contribution in [0.2, 0.25) is 5.02 Å². The highest BCUT2D eigenvalue weighted by atomic mass is 127. The molecule has 0 atom stereocenters. The van der Waals surface area contributed by atoms with Gasteiger partial charge >= 0.3 is 5.97 Å². The van der Waals surface area contributed by atoms with Crippen molar-refractivity contribution in [1.82, 2.24) is 4.98 Å². The number of carbonyl (C=O) groups excluding carboxylic acids is 1. The van der Waals surface area contributed by atoms with Crippen molar-refractivity contribution in [1.29, 1.82) is 0 Å². The van der Waals surface area contributed by atoms with Gasteiger partial charge in [-0.25, -0.2) is 18.6 Å². The van der Waals surface area contributed by atoms with Crippen LogP contribution < -0.4 is 0 Å². The quantitative estimate of drug-likeness (QED) is 0.469. The summed E-state index contributed by atoms with van der Waals surface area (Å²) in [5.74, 6) is -0.762. The summed E-state index contributed by atoms with van der Waals surface area (Å²) in [5, 5.41) is -0.364. The summed E-state index contributed by atoms with van der Waals surface area (Å²) >= 11 is 7.32. The van der Waals surface area contributed by atoms with Crippen LogP contribution in [0.25, 0.3) is 0 Å². The normalized spacial score (nSPS) is 10.5. The van der Waals surface area contributed by atoms with Gasteiger partial charge in [0.25, 0.3) is 6.43 Å². The average molecular weight is 347 g/mol. The van der Waals surface area contributed by atoms with Crippen molar-refractivity contribution in [3.8, 4) is 0 Å². The summed E-state index contributed by atoms with van der Waals surface area (Å²) < 4.78 is 29.6. The van der Waals surface area contributed by atoms with E-state index in [1.165, 1.54) is 6.07 Å². The number of methoxy groups -OCH3 is 1. The maximum Gasteiger partial charge on any atom is 0.339 e. The van der Waals surface area contributed by atoms with Crippen LogP contribution in [0.3, 0.4) is 0 Å². The first-order valence-corrected chi connectivity index (χ1v) is 5.15. The molecule has 0 spiro atoms. The van der Waals surface area contributed by atoms with Crippen molar-refractivity contribution in [2.75, 3.05) is 7.11 Å². The van der Waals surface area contributed by atoms with E-state index in [1.54, 1.807) is 22.6 Å². The summed E-state index contributed by atoms with van der Waals surface area (Å²) in [4.78, 5) is 14.7. The molecule has 0 aliphatic rings. The van der Waals surface area contributed by atoms with E-state index in [9.17, 15) is 13.6 Å². The molecule has 0 amide bonds. The molecule has 0 aliphatic carbocycles. The van der Waals surface area contributed by atoms with Crippen molar-refractivity contribution in [2.45, 2.75) is 6.43 Å². The second kappa shape index (κ2) is 5.02. The number of carbonyl (C=O) groups is 1. The number of pyridine rings is 1. The Balaban J connectivity index is 3.34. The van der Waals surface area contributed by atoms with Crippen LogP contribution in [-0.2, 0) is 4.74 Å². The van der Waals surface area contributed by atoms with Crippen molar-refractivity contribution < 1.29 is 18.3 Å². The molecule has 0 saturated carbocycles. The van der Waals surface area contributed by atoms with Crippen LogP contribution in [0, 0.1) is 3.70 Å². The Morgan fingerprint density at radius 3 is 2.73 bits per heavy atom. The lowest BCUT2D eigenvalue weighted by Crippen LogP contribution is -2.07. The maximum absolute atomic E-state index is 12.5. The van der Waals surface area contributed by atoms with Gasteiger partial charge in [0, 0.05) is 0 Å². The molecule has 0 bridgehead atoms. The Hall–Kier alpha value is -0.500. The number of ether oxygens (including phenoxy) is 1. The van der Waals surface area contributed by atoms with E-state index in [1.807, 2.05) is 0 Å². The minimum atomic E-state index is -2.82. The lowest BCUT2D eigenvalue weighted by molar-refractivity contribution is 0.0600. The van der Waals surface area contributed by atoms with E-state index < -0.39 is 18.1 Å². The van der Waals surface area contributed by atoms with Crippen LogP contribution in [0.5, 0.6) is 0 Å². The van der Waals surface area contributed by atoms with Gasteiger partial charge in [0.15, 0.2) is 0 Å². The van der Waals surface area contributed by atoms with Gasteiger partial charge in [-0.05, 0) is 28.7 Å². The average Bonchev–Trinajstić information content (AvgIpc) is 2.19. The summed E-state index contributed by atoms with van der Waals surface area (Å²) in [6.45, 7) is 0. The van der Waals surface area contributed by atoms with E-state index in [0.29, 0.717) is 0 Å². The fourth-order valence-corrected chi connectivity index (χ4v) is 1.75. The van der Waals surface area contributed by atoms with Gasteiger partial charge in [-0.3, -0.25) is 0 Å². The van der Waals surface area contributed by atoms with E-state index in [-0.39, 0.29) is 14.3 Å². The second-order valence-corrected chi connectivity index (χ2v) is 3.97. The third-order valence-corrected chi connectivity index (χ3v) is 2.51.